The molecule has 0 aliphatic carbocycles. The maximum Gasteiger partial charge on any atom is 0.226 e. The molecule has 0 atom stereocenters. The third-order valence-electron chi connectivity index (χ3n) is 2.36. The van der Waals surface area contributed by atoms with Gasteiger partial charge in [0.25, 0.3) is 0 Å². The summed E-state index contributed by atoms with van der Waals surface area (Å²) < 4.78 is 15.4. The molecule has 1 aromatic heterocycles. The van der Waals surface area contributed by atoms with Crippen LogP contribution in [0.3, 0.4) is 0 Å². The lowest BCUT2D eigenvalue weighted by Crippen LogP contribution is -2.14. The van der Waals surface area contributed by atoms with Gasteiger partial charge in [0.15, 0.2) is 0 Å². The van der Waals surface area contributed by atoms with Gasteiger partial charge in [-0.25, -0.2) is 9.37 Å². The molecule has 4 nitrogen and oxygen atoms in total. The van der Waals surface area contributed by atoms with Gasteiger partial charge < -0.3 is 9.88 Å². The summed E-state index contributed by atoms with van der Waals surface area (Å²) >= 11 is 1.99. The first-order valence-corrected chi connectivity index (χ1v) is 6.43. The lowest BCUT2D eigenvalue weighted by Gasteiger charge is -2.07. The van der Waals surface area contributed by atoms with Crippen LogP contribution in [0.15, 0.2) is 36.9 Å². The van der Waals surface area contributed by atoms with E-state index in [4.69, 9.17) is 0 Å². The van der Waals surface area contributed by atoms with E-state index in [1.165, 1.54) is 12.1 Å². The monoisotopic (exact) mass is 359 g/mol. The zero-order chi connectivity index (χ0) is 13.0. The molecule has 1 amide bonds. The summed E-state index contributed by atoms with van der Waals surface area (Å²) in [6, 6.07) is 4.27. The number of aromatic nitrogens is 2. The second-order valence-electron chi connectivity index (χ2n) is 3.72. The van der Waals surface area contributed by atoms with Crippen LogP contribution in [-0.2, 0) is 11.3 Å². The van der Waals surface area contributed by atoms with E-state index in [9.17, 15) is 9.18 Å². The first-order valence-electron chi connectivity index (χ1n) is 5.36. The van der Waals surface area contributed by atoms with E-state index < -0.39 is 0 Å². The van der Waals surface area contributed by atoms with Crippen LogP contribution in [0.1, 0.15) is 6.42 Å². The predicted octanol–water partition coefficient (Wildman–Crippen LogP) is 2.66. The van der Waals surface area contributed by atoms with Gasteiger partial charge in [0.1, 0.15) is 5.82 Å². The van der Waals surface area contributed by atoms with E-state index in [1.807, 2.05) is 27.2 Å². The molecule has 2 rings (SSSR count). The molecule has 0 radical (unpaired) electrons. The average Bonchev–Trinajstić information content (AvgIpc) is 2.83. The first-order chi connectivity index (χ1) is 8.65. The SMILES string of the molecule is O=C(CCn1ccnc1)Nc1ccc(F)cc1I. The van der Waals surface area contributed by atoms with E-state index in [-0.39, 0.29) is 11.7 Å². The molecule has 0 saturated carbocycles. The molecule has 0 aliphatic heterocycles. The zero-order valence-corrected chi connectivity index (χ0v) is 11.6. The van der Waals surface area contributed by atoms with Crippen LogP contribution in [0.25, 0.3) is 0 Å². The molecule has 0 unspecified atom stereocenters. The summed E-state index contributed by atoms with van der Waals surface area (Å²) in [5.41, 5.74) is 0.632. The first kappa shape index (κ1) is 13.0. The van der Waals surface area contributed by atoms with E-state index in [2.05, 4.69) is 10.3 Å². The normalized spacial score (nSPS) is 10.3. The molecule has 0 aliphatic rings. The fourth-order valence-corrected chi connectivity index (χ4v) is 2.07. The third kappa shape index (κ3) is 3.52. The highest BCUT2D eigenvalue weighted by Gasteiger charge is 2.06. The van der Waals surface area contributed by atoms with Gasteiger partial charge in [-0.3, -0.25) is 4.79 Å². The Labute approximate surface area is 117 Å². The molecule has 1 N–H and O–H groups in total. The van der Waals surface area contributed by atoms with Crippen LogP contribution in [0.4, 0.5) is 10.1 Å². The summed E-state index contributed by atoms with van der Waals surface area (Å²) in [4.78, 5) is 15.6. The average molecular weight is 359 g/mol. The number of benzene rings is 1. The highest BCUT2D eigenvalue weighted by atomic mass is 127. The van der Waals surface area contributed by atoms with E-state index in [1.54, 1.807) is 24.8 Å². The maximum absolute atomic E-state index is 12.9. The van der Waals surface area contributed by atoms with E-state index in [0.29, 0.717) is 22.2 Å². The lowest BCUT2D eigenvalue weighted by atomic mass is 10.3. The van der Waals surface area contributed by atoms with Crippen molar-refractivity contribution in [3.05, 3.63) is 46.3 Å². The Morgan fingerprint density at radius 3 is 3.00 bits per heavy atom. The largest absolute Gasteiger partial charge is 0.337 e. The number of imidazole rings is 1. The maximum atomic E-state index is 12.9. The summed E-state index contributed by atoms with van der Waals surface area (Å²) in [6.45, 7) is 0.573. The summed E-state index contributed by atoms with van der Waals surface area (Å²) in [5, 5.41) is 2.75. The van der Waals surface area contributed by atoms with Crippen LogP contribution in [0, 0.1) is 9.39 Å². The fraction of sp³-hybridized carbons (Fsp3) is 0.167. The van der Waals surface area contributed by atoms with Crippen molar-refractivity contribution in [3.63, 3.8) is 0 Å². The molecule has 0 spiro atoms. The fourth-order valence-electron chi connectivity index (χ4n) is 1.45. The van der Waals surface area contributed by atoms with Crippen LogP contribution < -0.4 is 5.32 Å². The second kappa shape index (κ2) is 5.94. The van der Waals surface area contributed by atoms with Crippen LogP contribution in [0.5, 0.6) is 0 Å². The number of amides is 1. The Morgan fingerprint density at radius 1 is 1.50 bits per heavy atom. The van der Waals surface area contributed by atoms with Crippen LogP contribution >= 0.6 is 22.6 Å². The van der Waals surface area contributed by atoms with Crippen molar-refractivity contribution in [2.24, 2.45) is 0 Å². The van der Waals surface area contributed by atoms with Crippen molar-refractivity contribution >= 4 is 34.2 Å². The van der Waals surface area contributed by atoms with Gasteiger partial charge in [0.05, 0.1) is 12.0 Å². The number of carbonyl (C=O) groups excluding carboxylic acids is 1. The van der Waals surface area contributed by atoms with Crippen molar-refractivity contribution in [2.45, 2.75) is 13.0 Å². The van der Waals surface area contributed by atoms with Crippen LogP contribution in [-0.4, -0.2) is 15.5 Å². The van der Waals surface area contributed by atoms with Crippen molar-refractivity contribution in [2.75, 3.05) is 5.32 Å². The van der Waals surface area contributed by atoms with Gasteiger partial charge >= 0.3 is 0 Å². The second-order valence-corrected chi connectivity index (χ2v) is 4.89. The third-order valence-corrected chi connectivity index (χ3v) is 3.25. The molecule has 18 heavy (non-hydrogen) atoms. The standard InChI is InChI=1S/C12H11FIN3O/c13-9-1-2-11(10(14)7-9)16-12(18)3-5-17-6-4-15-8-17/h1-2,4,6-8H,3,5H2,(H,16,18). The molecule has 94 valence electrons. The summed E-state index contributed by atoms with van der Waals surface area (Å²) in [7, 11) is 0. The number of anilines is 1. The minimum Gasteiger partial charge on any atom is -0.337 e. The Kier molecular flexibility index (Phi) is 4.29. The van der Waals surface area contributed by atoms with Crippen molar-refractivity contribution in [1.82, 2.24) is 9.55 Å². The Bertz CT molecular complexity index is 542. The van der Waals surface area contributed by atoms with Gasteiger partial charge in [-0.2, -0.15) is 0 Å². The molecule has 0 fully saturated rings. The van der Waals surface area contributed by atoms with Crippen LogP contribution in [0.2, 0.25) is 0 Å². The highest BCUT2D eigenvalue weighted by Crippen LogP contribution is 2.19. The molecule has 1 heterocycles. The van der Waals surface area contributed by atoms with E-state index >= 15 is 0 Å². The zero-order valence-electron chi connectivity index (χ0n) is 9.44. The number of carbonyl (C=O) groups is 1. The molecular weight excluding hydrogens is 348 g/mol. The number of nitrogens with zero attached hydrogens (tertiary/aromatic N) is 2. The summed E-state index contributed by atoms with van der Waals surface area (Å²) in [5.74, 6) is -0.413. The topological polar surface area (TPSA) is 46.9 Å². The Balaban J connectivity index is 1.91. The molecule has 2 aromatic rings. The molecule has 0 saturated heterocycles. The van der Waals surface area contributed by atoms with Gasteiger partial charge in [0.2, 0.25) is 5.91 Å². The van der Waals surface area contributed by atoms with Gasteiger partial charge in [-0.1, -0.05) is 0 Å². The molecule has 1 aromatic carbocycles. The Morgan fingerprint density at radius 2 is 2.33 bits per heavy atom. The van der Waals surface area contributed by atoms with Gasteiger partial charge in [-0.05, 0) is 40.8 Å². The minimum atomic E-state index is -0.309. The smallest absolute Gasteiger partial charge is 0.226 e. The van der Waals surface area contributed by atoms with E-state index in [0.717, 1.165) is 0 Å². The predicted molar refractivity (Wildman–Crippen MR) is 74.6 cm³/mol. The number of halogens is 2. The number of hydrogen-bond acceptors (Lipinski definition) is 2. The summed E-state index contributed by atoms with van der Waals surface area (Å²) in [6.07, 6.45) is 5.48. The quantitative estimate of drug-likeness (QED) is 0.854. The van der Waals surface area contributed by atoms with Gasteiger partial charge in [-0.15, -0.1) is 0 Å². The molecule has 6 heteroatoms. The number of rotatable bonds is 4. The molecular formula is C12H11FIN3O. The number of nitrogens with one attached hydrogen (secondary N) is 1. The van der Waals surface area contributed by atoms with Crippen molar-refractivity contribution in [1.29, 1.82) is 0 Å². The number of aryl methyl sites for hydroxylation is 1. The van der Waals surface area contributed by atoms with Gasteiger partial charge in [0, 0.05) is 28.9 Å². The molecule has 0 bridgehead atoms. The number of hydrogen-bond donors (Lipinski definition) is 1. The minimum absolute atomic E-state index is 0.103. The van der Waals surface area contributed by atoms with Crippen molar-refractivity contribution < 1.29 is 9.18 Å². The lowest BCUT2D eigenvalue weighted by molar-refractivity contribution is -0.116. The highest BCUT2D eigenvalue weighted by molar-refractivity contribution is 14.1. The Hall–Kier alpha value is -1.44. The van der Waals surface area contributed by atoms with Crippen molar-refractivity contribution in [3.8, 4) is 0 Å².